The molecular weight excluding hydrogens is 467 g/mol. The number of aromatic carboxylic acids is 1. The molecule has 0 unspecified atom stereocenters. The molecule has 0 saturated heterocycles. The van der Waals surface area contributed by atoms with E-state index in [9.17, 15) is 23.1 Å². The first-order valence-electron chi connectivity index (χ1n) is 11.8. The summed E-state index contributed by atoms with van der Waals surface area (Å²) in [7, 11) is 0. The van der Waals surface area contributed by atoms with E-state index in [1.165, 1.54) is 25.0 Å². The molecule has 7 heteroatoms. The first-order valence-corrected chi connectivity index (χ1v) is 11.8. The molecule has 0 aliphatic carbocycles. The SMILES string of the molecule is CCCCCCOc1ccc(-c2ccc(-c3cc(C(=O)O)c4cc(C(F)(F)F)ccc4n3)cc2)cc1. The molecule has 0 aliphatic rings. The largest absolute Gasteiger partial charge is 0.494 e. The summed E-state index contributed by atoms with van der Waals surface area (Å²) >= 11 is 0. The van der Waals surface area contributed by atoms with Crippen molar-refractivity contribution in [2.24, 2.45) is 0 Å². The van der Waals surface area contributed by atoms with Crippen LogP contribution in [0.4, 0.5) is 13.2 Å². The lowest BCUT2D eigenvalue weighted by Gasteiger charge is -2.11. The van der Waals surface area contributed by atoms with E-state index in [-0.39, 0.29) is 16.5 Å². The number of pyridine rings is 1. The molecule has 0 radical (unpaired) electrons. The molecule has 0 fully saturated rings. The average molecular weight is 494 g/mol. The quantitative estimate of drug-likeness (QED) is 0.239. The normalized spacial score (nSPS) is 11.6. The minimum Gasteiger partial charge on any atom is -0.494 e. The van der Waals surface area contributed by atoms with Crippen LogP contribution in [0.1, 0.15) is 48.5 Å². The van der Waals surface area contributed by atoms with E-state index in [0.29, 0.717) is 17.9 Å². The summed E-state index contributed by atoms with van der Waals surface area (Å²) in [5, 5.41) is 9.59. The second-order valence-corrected chi connectivity index (χ2v) is 8.60. The van der Waals surface area contributed by atoms with Gasteiger partial charge in [0.05, 0.1) is 28.9 Å². The average Bonchev–Trinajstić information content (AvgIpc) is 2.87. The van der Waals surface area contributed by atoms with Gasteiger partial charge in [0.25, 0.3) is 0 Å². The molecule has 0 bridgehead atoms. The number of carboxylic acid groups (broad SMARTS) is 1. The molecule has 0 atom stereocenters. The summed E-state index contributed by atoms with van der Waals surface area (Å²) in [6.07, 6.45) is 0.0253. The van der Waals surface area contributed by atoms with Gasteiger partial charge >= 0.3 is 12.1 Å². The standard InChI is InChI=1S/C29H26F3NO3/c1-2-3-4-5-16-36-23-13-10-20(11-14-23)19-6-8-21(9-7-19)27-18-25(28(34)35)24-17-22(29(30,31)32)12-15-26(24)33-27/h6-15,17-18H,2-5,16H2,1H3,(H,34,35). The Bertz CT molecular complexity index is 1350. The summed E-state index contributed by atoms with van der Waals surface area (Å²) in [6, 6.07) is 19.5. The topological polar surface area (TPSA) is 59.4 Å². The van der Waals surface area contributed by atoms with Gasteiger partial charge in [-0.05, 0) is 53.9 Å². The number of aromatic nitrogens is 1. The highest BCUT2D eigenvalue weighted by Gasteiger charge is 2.31. The number of nitrogens with zero attached hydrogens (tertiary/aromatic N) is 1. The predicted octanol–water partition coefficient (Wildman–Crippen LogP) is 8.24. The zero-order chi connectivity index (χ0) is 25.7. The van der Waals surface area contributed by atoms with E-state index in [4.69, 9.17) is 4.74 Å². The van der Waals surface area contributed by atoms with Gasteiger partial charge in [0.1, 0.15) is 5.75 Å². The fraction of sp³-hybridized carbons (Fsp3) is 0.241. The highest BCUT2D eigenvalue weighted by molar-refractivity contribution is 6.04. The Hall–Kier alpha value is -3.87. The van der Waals surface area contributed by atoms with Crippen LogP contribution in [-0.4, -0.2) is 22.7 Å². The molecule has 1 aromatic heterocycles. The number of halogens is 3. The van der Waals surface area contributed by atoms with Crippen LogP contribution in [-0.2, 0) is 6.18 Å². The fourth-order valence-electron chi connectivity index (χ4n) is 4.02. The summed E-state index contributed by atoms with van der Waals surface area (Å²) in [6.45, 7) is 2.87. The van der Waals surface area contributed by atoms with Crippen molar-refractivity contribution in [2.45, 2.75) is 38.8 Å². The van der Waals surface area contributed by atoms with Gasteiger partial charge in [0.2, 0.25) is 0 Å². The molecule has 0 amide bonds. The zero-order valence-electron chi connectivity index (χ0n) is 19.8. The molecule has 3 aromatic carbocycles. The number of unbranched alkanes of at least 4 members (excludes halogenated alkanes) is 3. The van der Waals surface area contributed by atoms with Crippen LogP contribution >= 0.6 is 0 Å². The minimum atomic E-state index is -4.57. The first-order chi connectivity index (χ1) is 17.3. The minimum absolute atomic E-state index is 0.0506. The fourth-order valence-corrected chi connectivity index (χ4v) is 4.02. The smallest absolute Gasteiger partial charge is 0.416 e. The third-order valence-electron chi connectivity index (χ3n) is 6.00. The van der Waals surface area contributed by atoms with Crippen LogP contribution in [0, 0.1) is 0 Å². The molecule has 1 heterocycles. The Kier molecular flexibility index (Phi) is 7.58. The van der Waals surface area contributed by atoms with Gasteiger partial charge in [0.15, 0.2) is 0 Å². The Labute approximate surface area is 207 Å². The van der Waals surface area contributed by atoms with Crippen LogP contribution in [0.3, 0.4) is 0 Å². The Balaban J connectivity index is 1.55. The summed E-state index contributed by atoms with van der Waals surface area (Å²) in [4.78, 5) is 16.2. The van der Waals surface area contributed by atoms with E-state index >= 15 is 0 Å². The number of hydrogen-bond donors (Lipinski definition) is 1. The van der Waals surface area contributed by atoms with E-state index in [0.717, 1.165) is 41.9 Å². The van der Waals surface area contributed by atoms with Crippen LogP contribution in [0.15, 0.2) is 72.8 Å². The van der Waals surface area contributed by atoms with Crippen molar-refractivity contribution in [3.05, 3.63) is 83.9 Å². The zero-order valence-corrected chi connectivity index (χ0v) is 19.8. The Morgan fingerprint density at radius 2 is 1.50 bits per heavy atom. The van der Waals surface area contributed by atoms with Crippen LogP contribution < -0.4 is 4.74 Å². The van der Waals surface area contributed by atoms with Crippen molar-refractivity contribution < 1.29 is 27.8 Å². The third kappa shape index (κ3) is 5.85. The van der Waals surface area contributed by atoms with Crippen molar-refractivity contribution in [1.82, 2.24) is 4.98 Å². The van der Waals surface area contributed by atoms with Gasteiger partial charge in [-0.3, -0.25) is 0 Å². The molecular formula is C29H26F3NO3. The van der Waals surface area contributed by atoms with E-state index in [1.807, 2.05) is 48.5 Å². The molecule has 0 aliphatic heterocycles. The van der Waals surface area contributed by atoms with Gasteiger partial charge < -0.3 is 9.84 Å². The third-order valence-corrected chi connectivity index (χ3v) is 6.00. The number of benzene rings is 3. The van der Waals surface area contributed by atoms with Gasteiger partial charge in [-0.1, -0.05) is 62.6 Å². The maximum absolute atomic E-state index is 13.1. The van der Waals surface area contributed by atoms with Crippen molar-refractivity contribution >= 4 is 16.9 Å². The van der Waals surface area contributed by atoms with Crippen molar-refractivity contribution in [3.8, 4) is 28.1 Å². The van der Waals surface area contributed by atoms with E-state index < -0.39 is 17.7 Å². The Morgan fingerprint density at radius 1 is 0.861 bits per heavy atom. The highest BCUT2D eigenvalue weighted by Crippen LogP contribution is 2.34. The molecule has 0 saturated carbocycles. The molecule has 4 nitrogen and oxygen atoms in total. The number of ether oxygens (including phenoxy) is 1. The number of carbonyl (C=O) groups is 1. The second-order valence-electron chi connectivity index (χ2n) is 8.60. The lowest BCUT2D eigenvalue weighted by Crippen LogP contribution is -2.06. The van der Waals surface area contributed by atoms with E-state index in [2.05, 4.69) is 11.9 Å². The Morgan fingerprint density at radius 3 is 2.11 bits per heavy atom. The molecule has 4 aromatic rings. The molecule has 0 spiro atoms. The van der Waals surface area contributed by atoms with Crippen LogP contribution in [0.2, 0.25) is 0 Å². The van der Waals surface area contributed by atoms with Gasteiger partial charge in [-0.15, -0.1) is 0 Å². The van der Waals surface area contributed by atoms with Gasteiger partial charge in [0, 0.05) is 10.9 Å². The van der Waals surface area contributed by atoms with E-state index in [1.54, 1.807) is 0 Å². The maximum Gasteiger partial charge on any atom is 0.416 e. The van der Waals surface area contributed by atoms with Gasteiger partial charge in [-0.25, -0.2) is 9.78 Å². The first kappa shape index (κ1) is 25.2. The lowest BCUT2D eigenvalue weighted by molar-refractivity contribution is -0.137. The molecule has 4 rings (SSSR count). The second kappa shape index (κ2) is 10.8. The summed E-state index contributed by atoms with van der Waals surface area (Å²) < 4.78 is 45.1. The van der Waals surface area contributed by atoms with Crippen LogP contribution in [0.5, 0.6) is 5.75 Å². The number of hydrogen-bond acceptors (Lipinski definition) is 3. The van der Waals surface area contributed by atoms with Gasteiger partial charge in [-0.2, -0.15) is 13.2 Å². The van der Waals surface area contributed by atoms with Crippen molar-refractivity contribution in [3.63, 3.8) is 0 Å². The summed E-state index contributed by atoms with van der Waals surface area (Å²) in [5.74, 6) is -0.491. The lowest BCUT2D eigenvalue weighted by atomic mass is 10.00. The predicted molar refractivity (Wildman–Crippen MR) is 134 cm³/mol. The number of fused-ring (bicyclic) bond motifs is 1. The number of carboxylic acids is 1. The monoisotopic (exact) mass is 493 g/mol. The highest BCUT2D eigenvalue weighted by atomic mass is 19.4. The molecule has 186 valence electrons. The molecule has 36 heavy (non-hydrogen) atoms. The number of alkyl halides is 3. The summed E-state index contributed by atoms with van der Waals surface area (Å²) in [5.41, 5.74) is 2.04. The van der Waals surface area contributed by atoms with Crippen LogP contribution in [0.25, 0.3) is 33.3 Å². The maximum atomic E-state index is 13.1. The molecule has 1 N–H and O–H groups in total. The van der Waals surface area contributed by atoms with Crippen molar-refractivity contribution in [2.75, 3.05) is 6.61 Å². The number of rotatable bonds is 9. The van der Waals surface area contributed by atoms with Crippen molar-refractivity contribution in [1.29, 1.82) is 0 Å².